The number of amides is 1. The maximum atomic E-state index is 13.1. The van der Waals surface area contributed by atoms with Crippen LogP contribution >= 0.6 is 11.6 Å². The molecule has 0 saturated carbocycles. The highest BCUT2D eigenvalue weighted by molar-refractivity contribution is 6.51. The van der Waals surface area contributed by atoms with E-state index in [4.69, 9.17) is 16.3 Å². The van der Waals surface area contributed by atoms with Crippen molar-refractivity contribution < 1.29 is 24.4 Å². The second-order valence-electron chi connectivity index (χ2n) is 7.22. The highest BCUT2D eigenvalue weighted by Crippen LogP contribution is 2.42. The lowest BCUT2D eigenvalue weighted by atomic mass is 9.95. The van der Waals surface area contributed by atoms with Crippen molar-refractivity contribution in [3.8, 4) is 5.75 Å². The number of ketones is 1. The number of hydrogen-bond donors (Lipinski definition) is 1. The number of aliphatic hydroxyl groups excluding tert-OH is 1. The zero-order valence-electron chi connectivity index (χ0n) is 17.3. The number of carbonyl (C=O) groups is 2. The molecule has 1 aliphatic rings. The molecule has 3 aromatic rings. The Morgan fingerprint density at radius 2 is 1.61 bits per heavy atom. The Balaban J connectivity index is 1.91. The zero-order chi connectivity index (χ0) is 23.7. The van der Waals surface area contributed by atoms with Crippen molar-refractivity contribution >= 4 is 40.4 Å². The van der Waals surface area contributed by atoms with Gasteiger partial charge in [-0.1, -0.05) is 11.6 Å². The summed E-state index contributed by atoms with van der Waals surface area (Å²) in [7, 11) is 1.50. The van der Waals surface area contributed by atoms with E-state index in [1.807, 2.05) is 0 Å². The number of nitro benzene ring substituents is 1. The molecule has 0 spiro atoms. The van der Waals surface area contributed by atoms with Crippen LogP contribution in [0, 0.1) is 10.1 Å². The normalized spacial score (nSPS) is 17.3. The predicted molar refractivity (Wildman–Crippen MR) is 122 cm³/mol. The first-order valence-electron chi connectivity index (χ1n) is 9.77. The van der Waals surface area contributed by atoms with Gasteiger partial charge in [0.2, 0.25) is 0 Å². The highest BCUT2D eigenvalue weighted by Gasteiger charge is 2.47. The van der Waals surface area contributed by atoms with E-state index in [1.165, 1.54) is 48.4 Å². The number of carbonyl (C=O) groups excluding carboxylic acids is 2. The van der Waals surface area contributed by atoms with Gasteiger partial charge in [-0.25, -0.2) is 0 Å². The Morgan fingerprint density at radius 3 is 2.15 bits per heavy atom. The third-order valence-electron chi connectivity index (χ3n) is 5.33. The van der Waals surface area contributed by atoms with Crippen LogP contribution in [0.4, 0.5) is 11.4 Å². The lowest BCUT2D eigenvalue weighted by Gasteiger charge is -2.25. The van der Waals surface area contributed by atoms with E-state index in [1.54, 1.807) is 36.4 Å². The minimum absolute atomic E-state index is 0.132. The average Bonchev–Trinajstić information content (AvgIpc) is 3.09. The monoisotopic (exact) mass is 464 g/mol. The summed E-state index contributed by atoms with van der Waals surface area (Å²) in [4.78, 5) is 38.0. The molecule has 0 bridgehead atoms. The number of aliphatic hydroxyl groups is 1. The Hall–Kier alpha value is -4.17. The number of methoxy groups -OCH3 is 1. The van der Waals surface area contributed by atoms with Gasteiger partial charge >= 0.3 is 0 Å². The van der Waals surface area contributed by atoms with Gasteiger partial charge in [0.25, 0.3) is 17.4 Å². The molecule has 1 amide bonds. The fourth-order valence-corrected chi connectivity index (χ4v) is 3.82. The van der Waals surface area contributed by atoms with Gasteiger partial charge in [-0.3, -0.25) is 24.6 Å². The molecule has 0 aliphatic carbocycles. The van der Waals surface area contributed by atoms with Gasteiger partial charge in [0.1, 0.15) is 11.5 Å². The maximum absolute atomic E-state index is 13.1. The van der Waals surface area contributed by atoms with Gasteiger partial charge in [0.05, 0.1) is 23.6 Å². The van der Waals surface area contributed by atoms with E-state index in [9.17, 15) is 24.8 Å². The van der Waals surface area contributed by atoms with Gasteiger partial charge in [0.15, 0.2) is 0 Å². The van der Waals surface area contributed by atoms with E-state index in [2.05, 4.69) is 0 Å². The maximum Gasteiger partial charge on any atom is 0.300 e. The van der Waals surface area contributed by atoms with E-state index < -0.39 is 22.7 Å². The zero-order valence-corrected chi connectivity index (χ0v) is 18.0. The van der Waals surface area contributed by atoms with Crippen LogP contribution in [-0.2, 0) is 9.59 Å². The Kier molecular flexibility index (Phi) is 5.85. The highest BCUT2D eigenvalue weighted by atomic mass is 35.5. The molecule has 9 heteroatoms. The second kappa shape index (κ2) is 8.76. The standard InChI is InChI=1S/C24H17ClN2O6/c1-33-19-12-10-17(11-13-19)26-21(14-4-8-18(9-5-14)27(31)32)20(23(29)24(26)30)22(28)15-2-6-16(25)7-3-15/h2-13,21,28H,1H3. The molecule has 1 unspecified atom stereocenters. The smallest absolute Gasteiger partial charge is 0.300 e. The number of nitro groups is 1. The van der Waals surface area contributed by atoms with Crippen LogP contribution in [0.2, 0.25) is 5.02 Å². The summed E-state index contributed by atoms with van der Waals surface area (Å²) in [5.41, 5.74) is 0.853. The van der Waals surface area contributed by atoms with Crippen LogP contribution in [-0.4, -0.2) is 28.8 Å². The molecule has 0 radical (unpaired) electrons. The quantitative estimate of drug-likeness (QED) is 0.189. The van der Waals surface area contributed by atoms with E-state index in [0.717, 1.165) is 0 Å². The van der Waals surface area contributed by atoms with Crippen molar-refractivity contribution in [2.45, 2.75) is 6.04 Å². The van der Waals surface area contributed by atoms with Crippen molar-refractivity contribution in [3.63, 3.8) is 0 Å². The molecule has 4 rings (SSSR count). The molecular weight excluding hydrogens is 448 g/mol. The van der Waals surface area contributed by atoms with Crippen LogP contribution in [0.25, 0.3) is 5.76 Å². The molecule has 3 aromatic carbocycles. The summed E-state index contributed by atoms with van der Waals surface area (Å²) in [5, 5.41) is 22.6. The Morgan fingerprint density at radius 1 is 1.00 bits per heavy atom. The molecule has 8 nitrogen and oxygen atoms in total. The van der Waals surface area contributed by atoms with Crippen molar-refractivity contribution in [1.29, 1.82) is 0 Å². The summed E-state index contributed by atoms with van der Waals surface area (Å²) in [6, 6.07) is 17.2. The molecule has 166 valence electrons. The predicted octanol–water partition coefficient (Wildman–Crippen LogP) is 4.88. The first-order valence-corrected chi connectivity index (χ1v) is 10.1. The lowest BCUT2D eigenvalue weighted by Crippen LogP contribution is -2.29. The first-order chi connectivity index (χ1) is 15.8. The van der Waals surface area contributed by atoms with E-state index in [0.29, 0.717) is 27.6 Å². The number of ether oxygens (including phenoxy) is 1. The average molecular weight is 465 g/mol. The number of rotatable bonds is 5. The molecule has 1 fully saturated rings. The van der Waals surface area contributed by atoms with Crippen LogP contribution in [0.1, 0.15) is 17.2 Å². The summed E-state index contributed by atoms with van der Waals surface area (Å²) in [6.45, 7) is 0. The summed E-state index contributed by atoms with van der Waals surface area (Å²) >= 11 is 5.93. The van der Waals surface area contributed by atoms with Gasteiger partial charge in [0, 0.05) is 28.4 Å². The topological polar surface area (TPSA) is 110 Å². The summed E-state index contributed by atoms with van der Waals surface area (Å²) in [5.74, 6) is -1.52. The minimum Gasteiger partial charge on any atom is -0.507 e. The van der Waals surface area contributed by atoms with Gasteiger partial charge in [-0.15, -0.1) is 0 Å². The molecule has 33 heavy (non-hydrogen) atoms. The van der Waals surface area contributed by atoms with Gasteiger partial charge in [-0.05, 0) is 66.2 Å². The third-order valence-corrected chi connectivity index (χ3v) is 5.58. The third kappa shape index (κ3) is 4.04. The van der Waals surface area contributed by atoms with Crippen molar-refractivity contribution in [2.75, 3.05) is 12.0 Å². The molecule has 1 aliphatic heterocycles. The van der Waals surface area contributed by atoms with Crippen LogP contribution in [0.3, 0.4) is 0 Å². The molecular formula is C24H17ClN2O6. The van der Waals surface area contributed by atoms with Crippen LogP contribution in [0.15, 0.2) is 78.4 Å². The molecule has 1 atom stereocenters. The largest absolute Gasteiger partial charge is 0.507 e. The summed E-state index contributed by atoms with van der Waals surface area (Å²) in [6.07, 6.45) is 0. The number of non-ortho nitro benzene ring substituents is 1. The number of anilines is 1. The fourth-order valence-electron chi connectivity index (χ4n) is 3.70. The first kappa shape index (κ1) is 22.0. The van der Waals surface area contributed by atoms with Crippen LogP contribution in [0.5, 0.6) is 5.75 Å². The summed E-state index contributed by atoms with van der Waals surface area (Å²) < 4.78 is 5.16. The number of hydrogen-bond acceptors (Lipinski definition) is 6. The Bertz CT molecular complexity index is 1270. The fraction of sp³-hybridized carbons (Fsp3) is 0.0833. The molecule has 1 N–H and O–H groups in total. The number of halogens is 1. The second-order valence-corrected chi connectivity index (χ2v) is 7.66. The molecule has 1 saturated heterocycles. The Labute approximate surface area is 193 Å². The SMILES string of the molecule is COc1ccc(N2C(=O)C(=O)C(=C(O)c3ccc(Cl)cc3)C2c2ccc([N+](=O)[O-])cc2)cc1. The van der Waals surface area contributed by atoms with Gasteiger partial charge in [-0.2, -0.15) is 0 Å². The van der Waals surface area contributed by atoms with Crippen molar-refractivity contribution in [1.82, 2.24) is 0 Å². The van der Waals surface area contributed by atoms with E-state index in [-0.39, 0.29) is 17.0 Å². The lowest BCUT2D eigenvalue weighted by molar-refractivity contribution is -0.384. The van der Waals surface area contributed by atoms with Crippen LogP contribution < -0.4 is 9.64 Å². The van der Waals surface area contributed by atoms with Crippen molar-refractivity contribution in [2.24, 2.45) is 0 Å². The van der Waals surface area contributed by atoms with E-state index >= 15 is 0 Å². The number of benzene rings is 3. The van der Waals surface area contributed by atoms with Crippen molar-refractivity contribution in [3.05, 3.63) is 105 Å². The minimum atomic E-state index is -1.00. The molecule has 1 heterocycles. The number of Topliss-reactive ketones (excluding diaryl/α,β-unsaturated/α-hetero) is 1. The van der Waals surface area contributed by atoms with Gasteiger partial charge < -0.3 is 9.84 Å². The number of nitrogens with zero attached hydrogens (tertiary/aromatic N) is 2. The molecule has 0 aromatic heterocycles.